The first-order valence-electron chi connectivity index (χ1n) is 7.03. The monoisotopic (exact) mass is 276 g/mol. The molecule has 0 heterocycles. The van der Waals surface area contributed by atoms with Crippen LogP contribution in [0.15, 0.2) is 0 Å². The molecule has 1 unspecified atom stereocenters. The van der Waals surface area contributed by atoms with Gasteiger partial charge in [-0.25, -0.2) is 13.1 Å². The summed E-state index contributed by atoms with van der Waals surface area (Å²) in [6, 6.07) is 0.316. The van der Waals surface area contributed by atoms with Crippen molar-refractivity contribution >= 4 is 10.0 Å². The second kappa shape index (κ2) is 6.35. The fourth-order valence-corrected chi connectivity index (χ4v) is 3.35. The number of nitrogens with one attached hydrogen (secondary N) is 2. The largest absolute Gasteiger partial charge is 0.313 e. The van der Waals surface area contributed by atoms with Gasteiger partial charge in [-0.2, -0.15) is 0 Å². The van der Waals surface area contributed by atoms with Gasteiger partial charge in [-0.05, 0) is 31.6 Å². The van der Waals surface area contributed by atoms with E-state index in [1.54, 1.807) is 6.92 Å². The van der Waals surface area contributed by atoms with Crippen LogP contribution in [0.1, 0.15) is 53.4 Å². The molecule has 0 amide bonds. The Bertz CT molecular complexity index is 342. The molecule has 2 N–H and O–H groups in total. The summed E-state index contributed by atoms with van der Waals surface area (Å²) in [7, 11) is -3.19. The fourth-order valence-electron chi connectivity index (χ4n) is 2.24. The molecular formula is C13H28N2O2S. The Balaban J connectivity index is 2.43. The van der Waals surface area contributed by atoms with Crippen molar-refractivity contribution < 1.29 is 8.42 Å². The van der Waals surface area contributed by atoms with Gasteiger partial charge in [-0.15, -0.1) is 0 Å². The normalized spacial score (nSPS) is 20.7. The van der Waals surface area contributed by atoms with Gasteiger partial charge in [-0.3, -0.25) is 0 Å². The SMILES string of the molecule is CCC1(CNS(=O)(=O)C(C)CNC(C)C)CCC1. The minimum Gasteiger partial charge on any atom is -0.313 e. The van der Waals surface area contributed by atoms with E-state index in [0.29, 0.717) is 19.1 Å². The molecule has 5 heteroatoms. The van der Waals surface area contributed by atoms with Crippen molar-refractivity contribution in [2.45, 2.75) is 64.7 Å². The van der Waals surface area contributed by atoms with E-state index < -0.39 is 10.0 Å². The molecule has 1 fully saturated rings. The van der Waals surface area contributed by atoms with E-state index in [1.165, 1.54) is 6.42 Å². The zero-order valence-corrected chi connectivity index (χ0v) is 12.9. The zero-order valence-electron chi connectivity index (χ0n) is 12.1. The molecule has 0 aromatic heterocycles. The lowest BCUT2D eigenvalue weighted by Gasteiger charge is -2.41. The average molecular weight is 276 g/mol. The van der Waals surface area contributed by atoms with Gasteiger partial charge in [0.15, 0.2) is 0 Å². The van der Waals surface area contributed by atoms with Gasteiger partial charge in [0, 0.05) is 19.1 Å². The summed E-state index contributed by atoms with van der Waals surface area (Å²) in [6.45, 7) is 9.07. The molecule has 0 aliphatic heterocycles. The fraction of sp³-hybridized carbons (Fsp3) is 1.00. The van der Waals surface area contributed by atoms with Crippen LogP contribution in [0.4, 0.5) is 0 Å². The standard InChI is InChI=1S/C13H28N2O2S/c1-5-13(7-6-8-13)10-15-18(16,17)12(4)9-14-11(2)3/h11-12,14-15H,5-10H2,1-4H3. The lowest BCUT2D eigenvalue weighted by Crippen LogP contribution is -2.46. The maximum Gasteiger partial charge on any atom is 0.215 e. The van der Waals surface area contributed by atoms with E-state index in [0.717, 1.165) is 19.3 Å². The minimum atomic E-state index is -3.19. The molecule has 0 saturated heterocycles. The number of sulfonamides is 1. The summed E-state index contributed by atoms with van der Waals surface area (Å²) >= 11 is 0. The number of rotatable bonds is 8. The van der Waals surface area contributed by atoms with Crippen LogP contribution in [-0.4, -0.2) is 32.8 Å². The molecule has 108 valence electrons. The van der Waals surface area contributed by atoms with E-state index in [2.05, 4.69) is 17.0 Å². The third-order valence-electron chi connectivity index (χ3n) is 4.16. The first-order valence-corrected chi connectivity index (χ1v) is 8.58. The van der Waals surface area contributed by atoms with Crippen LogP contribution in [0.3, 0.4) is 0 Å². The molecule has 0 aromatic rings. The summed E-state index contributed by atoms with van der Waals surface area (Å²) in [4.78, 5) is 0. The van der Waals surface area contributed by atoms with Crippen molar-refractivity contribution in [2.24, 2.45) is 5.41 Å². The molecule has 1 atom stereocenters. The van der Waals surface area contributed by atoms with Crippen molar-refractivity contribution in [1.82, 2.24) is 10.0 Å². The molecule has 0 bridgehead atoms. The van der Waals surface area contributed by atoms with Gasteiger partial charge in [0.25, 0.3) is 0 Å². The van der Waals surface area contributed by atoms with E-state index in [9.17, 15) is 8.42 Å². The first kappa shape index (κ1) is 15.9. The van der Waals surface area contributed by atoms with Gasteiger partial charge in [0.1, 0.15) is 0 Å². The molecule has 0 radical (unpaired) electrons. The van der Waals surface area contributed by atoms with Crippen LogP contribution in [-0.2, 0) is 10.0 Å². The smallest absolute Gasteiger partial charge is 0.215 e. The molecule has 1 aliphatic rings. The summed E-state index contributed by atoms with van der Waals surface area (Å²) in [5, 5.41) is 2.79. The highest BCUT2D eigenvalue weighted by atomic mass is 32.2. The van der Waals surface area contributed by atoms with Gasteiger partial charge in [0.2, 0.25) is 10.0 Å². The summed E-state index contributed by atoms with van der Waals surface area (Å²) in [5.41, 5.74) is 0.234. The van der Waals surface area contributed by atoms with Gasteiger partial charge < -0.3 is 5.32 Å². The number of hydrogen-bond donors (Lipinski definition) is 2. The van der Waals surface area contributed by atoms with Crippen LogP contribution < -0.4 is 10.0 Å². The lowest BCUT2D eigenvalue weighted by atomic mass is 9.67. The Hall–Kier alpha value is -0.130. The van der Waals surface area contributed by atoms with E-state index >= 15 is 0 Å². The summed E-state index contributed by atoms with van der Waals surface area (Å²) in [5.74, 6) is 0. The highest BCUT2D eigenvalue weighted by Gasteiger charge is 2.36. The van der Waals surface area contributed by atoms with Crippen molar-refractivity contribution in [3.05, 3.63) is 0 Å². The molecule has 0 aromatic carbocycles. The highest BCUT2D eigenvalue weighted by molar-refractivity contribution is 7.90. The molecule has 1 saturated carbocycles. The zero-order chi connectivity index (χ0) is 13.8. The van der Waals surface area contributed by atoms with Crippen molar-refractivity contribution in [2.75, 3.05) is 13.1 Å². The van der Waals surface area contributed by atoms with E-state index in [4.69, 9.17) is 0 Å². The van der Waals surface area contributed by atoms with Gasteiger partial charge >= 0.3 is 0 Å². The molecule has 1 aliphatic carbocycles. The van der Waals surface area contributed by atoms with Crippen LogP contribution in [0.25, 0.3) is 0 Å². The number of hydrogen-bond acceptors (Lipinski definition) is 3. The Morgan fingerprint density at radius 3 is 2.22 bits per heavy atom. The second-order valence-corrected chi connectivity index (χ2v) is 8.13. The first-order chi connectivity index (χ1) is 8.31. The third kappa shape index (κ3) is 4.21. The molecule has 18 heavy (non-hydrogen) atoms. The van der Waals surface area contributed by atoms with Gasteiger partial charge in [0.05, 0.1) is 5.25 Å². The molecular weight excluding hydrogens is 248 g/mol. The van der Waals surface area contributed by atoms with Crippen LogP contribution >= 0.6 is 0 Å². The lowest BCUT2D eigenvalue weighted by molar-refractivity contribution is 0.133. The molecule has 4 nitrogen and oxygen atoms in total. The Kier molecular flexibility index (Phi) is 5.62. The second-order valence-electron chi connectivity index (χ2n) is 5.95. The Morgan fingerprint density at radius 2 is 1.83 bits per heavy atom. The maximum atomic E-state index is 12.1. The maximum absolute atomic E-state index is 12.1. The van der Waals surface area contributed by atoms with Crippen molar-refractivity contribution in [3.63, 3.8) is 0 Å². The average Bonchev–Trinajstić information content (AvgIpc) is 2.24. The topological polar surface area (TPSA) is 58.2 Å². The van der Waals surface area contributed by atoms with E-state index in [-0.39, 0.29) is 10.7 Å². The van der Waals surface area contributed by atoms with Crippen molar-refractivity contribution in [1.29, 1.82) is 0 Å². The van der Waals surface area contributed by atoms with Crippen molar-refractivity contribution in [3.8, 4) is 0 Å². The van der Waals surface area contributed by atoms with E-state index in [1.807, 2.05) is 13.8 Å². The quantitative estimate of drug-likeness (QED) is 0.711. The highest BCUT2D eigenvalue weighted by Crippen LogP contribution is 2.43. The minimum absolute atomic E-state index is 0.234. The predicted octanol–water partition coefficient (Wildman–Crippen LogP) is 1.87. The Labute approximate surface area is 112 Å². The molecule has 0 spiro atoms. The summed E-state index contributed by atoms with van der Waals surface area (Å²) < 4.78 is 27.0. The predicted molar refractivity (Wildman–Crippen MR) is 76.1 cm³/mol. The van der Waals surface area contributed by atoms with Crippen LogP contribution in [0.5, 0.6) is 0 Å². The summed E-state index contributed by atoms with van der Waals surface area (Å²) in [6.07, 6.45) is 4.61. The van der Waals surface area contributed by atoms with Crippen LogP contribution in [0, 0.1) is 5.41 Å². The molecule has 1 rings (SSSR count). The Morgan fingerprint density at radius 1 is 1.22 bits per heavy atom. The third-order valence-corrected chi connectivity index (χ3v) is 5.93. The van der Waals surface area contributed by atoms with Crippen LogP contribution in [0.2, 0.25) is 0 Å². The van der Waals surface area contributed by atoms with Gasteiger partial charge in [-0.1, -0.05) is 27.2 Å².